The molecule has 11 heteroatoms. The first kappa shape index (κ1) is 29.5. The number of esters is 1. The first-order chi connectivity index (χ1) is 18.7. The number of carboxylic acid groups (broad SMARTS) is 1. The van der Waals surface area contributed by atoms with Gasteiger partial charge in [0, 0.05) is 6.42 Å². The monoisotopic (exact) mass is 573 g/mol. The molecule has 0 radical (unpaired) electrons. The largest absolute Gasteiger partial charge is 0.487 e. The minimum atomic E-state index is -1.27. The fraction of sp³-hybridized carbons (Fsp3) is 0.214. The first-order valence-electron chi connectivity index (χ1n) is 11.8. The van der Waals surface area contributed by atoms with Crippen LogP contribution in [0.15, 0.2) is 72.8 Å². The Morgan fingerprint density at radius 2 is 1.44 bits per heavy atom. The van der Waals surface area contributed by atoms with Crippen molar-refractivity contribution < 1.29 is 38.5 Å². The van der Waals surface area contributed by atoms with Gasteiger partial charge in [-0.05, 0) is 29.7 Å². The average Bonchev–Trinajstić information content (AvgIpc) is 2.93. The second-order valence-corrected chi connectivity index (χ2v) is 9.03. The van der Waals surface area contributed by atoms with Gasteiger partial charge in [0.05, 0.1) is 16.1 Å². The number of halogens is 2. The second-order valence-electron chi connectivity index (χ2n) is 8.24. The van der Waals surface area contributed by atoms with Crippen LogP contribution < -0.4 is 10.1 Å². The van der Waals surface area contributed by atoms with Gasteiger partial charge in [0.25, 0.3) is 0 Å². The van der Waals surface area contributed by atoms with Crippen molar-refractivity contribution in [2.24, 2.45) is 0 Å². The Hall–Kier alpha value is -4.08. The number of ether oxygens (including phenoxy) is 3. The molecule has 0 spiro atoms. The fourth-order valence-electron chi connectivity index (χ4n) is 3.37. The number of benzene rings is 3. The van der Waals surface area contributed by atoms with Crippen LogP contribution in [0.4, 0.5) is 4.79 Å². The summed E-state index contributed by atoms with van der Waals surface area (Å²) in [7, 11) is 0. The maximum Gasteiger partial charge on any atom is 0.408 e. The summed E-state index contributed by atoms with van der Waals surface area (Å²) in [6, 6.07) is 19.8. The van der Waals surface area contributed by atoms with E-state index in [0.29, 0.717) is 0 Å². The topological polar surface area (TPSA) is 128 Å². The van der Waals surface area contributed by atoms with Crippen molar-refractivity contribution in [3.05, 3.63) is 99.5 Å². The van der Waals surface area contributed by atoms with Crippen molar-refractivity contribution in [2.75, 3.05) is 6.61 Å². The van der Waals surface area contributed by atoms with Crippen molar-refractivity contribution in [1.82, 2.24) is 5.32 Å². The molecule has 0 fully saturated rings. The predicted molar refractivity (Wildman–Crippen MR) is 143 cm³/mol. The summed E-state index contributed by atoms with van der Waals surface area (Å²) in [5, 5.41) is 11.2. The van der Waals surface area contributed by atoms with Gasteiger partial charge in [0.1, 0.15) is 24.5 Å². The summed E-state index contributed by atoms with van der Waals surface area (Å²) in [5.74, 6) is -2.72. The number of hydrogen-bond acceptors (Lipinski definition) is 7. The fourth-order valence-corrected chi connectivity index (χ4v) is 3.94. The Morgan fingerprint density at radius 3 is 2.05 bits per heavy atom. The van der Waals surface area contributed by atoms with Crippen LogP contribution in [0, 0.1) is 0 Å². The van der Waals surface area contributed by atoms with E-state index in [9.17, 15) is 19.2 Å². The van der Waals surface area contributed by atoms with Gasteiger partial charge in [-0.2, -0.15) is 0 Å². The standard InChI is InChI=1S/C28H25Cl2NO8/c29-20-11-13-23(37-15-18-7-3-1-4-8-18)26(30)25(20)27(35)38-17-22(32)21(12-14-24(33)34)31-28(36)39-16-19-9-5-2-6-10-19/h1-11,13,21H,12,14-17H2,(H,31,36)(H,33,34)/t21-/m0/s1. The van der Waals surface area contributed by atoms with Crippen molar-refractivity contribution >= 4 is 47.0 Å². The van der Waals surface area contributed by atoms with Crippen LogP contribution in [-0.2, 0) is 32.3 Å². The van der Waals surface area contributed by atoms with Crippen LogP contribution in [0.2, 0.25) is 10.0 Å². The Balaban J connectivity index is 1.61. The molecule has 0 aliphatic rings. The summed E-state index contributed by atoms with van der Waals surface area (Å²) in [6.45, 7) is -0.641. The van der Waals surface area contributed by atoms with Crippen LogP contribution in [0.1, 0.15) is 34.3 Å². The highest BCUT2D eigenvalue weighted by Crippen LogP contribution is 2.34. The number of hydrogen-bond donors (Lipinski definition) is 2. The van der Waals surface area contributed by atoms with Gasteiger partial charge < -0.3 is 24.6 Å². The molecule has 0 aliphatic carbocycles. The lowest BCUT2D eigenvalue weighted by atomic mass is 10.1. The Labute approximate surface area is 234 Å². The van der Waals surface area contributed by atoms with E-state index in [4.69, 9.17) is 42.5 Å². The summed E-state index contributed by atoms with van der Waals surface area (Å²) < 4.78 is 15.9. The number of carbonyl (C=O) groups excluding carboxylic acids is 3. The number of nitrogens with one attached hydrogen (secondary N) is 1. The van der Waals surface area contributed by atoms with Gasteiger partial charge in [-0.1, -0.05) is 83.9 Å². The summed E-state index contributed by atoms with van der Waals surface area (Å²) in [6.07, 6.45) is -1.58. The number of carboxylic acids is 1. The highest BCUT2D eigenvalue weighted by atomic mass is 35.5. The van der Waals surface area contributed by atoms with Gasteiger partial charge in [0.2, 0.25) is 0 Å². The van der Waals surface area contributed by atoms with E-state index in [2.05, 4.69) is 5.32 Å². The highest BCUT2D eigenvalue weighted by Gasteiger charge is 2.26. The lowest BCUT2D eigenvalue weighted by Gasteiger charge is -2.17. The van der Waals surface area contributed by atoms with Gasteiger partial charge in [0.15, 0.2) is 12.4 Å². The lowest BCUT2D eigenvalue weighted by Crippen LogP contribution is -2.43. The number of alkyl carbamates (subject to hydrolysis) is 1. The molecule has 1 atom stereocenters. The molecule has 2 N–H and O–H groups in total. The normalized spacial score (nSPS) is 11.2. The van der Waals surface area contributed by atoms with E-state index in [1.165, 1.54) is 12.1 Å². The van der Waals surface area contributed by atoms with E-state index in [-0.39, 0.29) is 41.0 Å². The molecular formula is C28H25Cl2NO8. The SMILES string of the molecule is O=C(O)CC[C@H](NC(=O)OCc1ccccc1)C(=O)COC(=O)c1c(Cl)ccc(OCc2ccccc2)c1Cl. The van der Waals surface area contributed by atoms with Gasteiger partial charge in [-0.3, -0.25) is 9.59 Å². The third-order valence-corrected chi connectivity index (χ3v) is 6.07. The van der Waals surface area contributed by atoms with Gasteiger partial charge in [-0.15, -0.1) is 0 Å². The summed E-state index contributed by atoms with van der Waals surface area (Å²) in [4.78, 5) is 48.8. The van der Waals surface area contributed by atoms with Crippen LogP contribution in [0.5, 0.6) is 5.75 Å². The summed E-state index contributed by atoms with van der Waals surface area (Å²) >= 11 is 12.5. The van der Waals surface area contributed by atoms with Crippen LogP contribution in [0.25, 0.3) is 0 Å². The van der Waals surface area contributed by atoms with Crippen molar-refractivity contribution in [3.63, 3.8) is 0 Å². The number of ketones is 1. The molecule has 9 nitrogen and oxygen atoms in total. The van der Waals surface area contributed by atoms with Gasteiger partial charge in [-0.25, -0.2) is 9.59 Å². The molecule has 0 saturated heterocycles. The first-order valence-corrected chi connectivity index (χ1v) is 12.5. The second kappa shape index (κ2) is 14.8. The van der Waals surface area contributed by atoms with Gasteiger partial charge >= 0.3 is 18.0 Å². The zero-order valence-electron chi connectivity index (χ0n) is 20.6. The zero-order valence-corrected chi connectivity index (χ0v) is 22.1. The zero-order chi connectivity index (χ0) is 28.2. The Morgan fingerprint density at radius 1 is 0.821 bits per heavy atom. The van der Waals surface area contributed by atoms with Crippen LogP contribution >= 0.6 is 23.2 Å². The maximum atomic E-state index is 12.8. The molecule has 1 amide bonds. The minimum absolute atomic E-state index is 0.0189. The predicted octanol–water partition coefficient (Wildman–Crippen LogP) is 5.46. The maximum absolute atomic E-state index is 12.8. The molecule has 0 unspecified atom stereocenters. The molecule has 3 aromatic rings. The molecule has 0 heterocycles. The lowest BCUT2D eigenvalue weighted by molar-refractivity contribution is -0.137. The van der Waals surface area contributed by atoms with E-state index in [1.54, 1.807) is 30.3 Å². The smallest absolute Gasteiger partial charge is 0.408 e. The molecule has 204 valence electrons. The molecule has 39 heavy (non-hydrogen) atoms. The quantitative estimate of drug-likeness (QED) is 0.258. The highest BCUT2D eigenvalue weighted by molar-refractivity contribution is 6.40. The Kier molecular flexibility index (Phi) is 11.1. The molecule has 3 aromatic carbocycles. The number of rotatable bonds is 13. The van der Waals surface area contributed by atoms with Crippen molar-refractivity contribution in [2.45, 2.75) is 32.1 Å². The molecule has 0 aromatic heterocycles. The van der Waals surface area contributed by atoms with Crippen molar-refractivity contribution in [1.29, 1.82) is 0 Å². The molecule has 0 bridgehead atoms. The van der Waals surface area contributed by atoms with E-state index in [1.807, 2.05) is 30.3 Å². The van der Waals surface area contributed by atoms with E-state index in [0.717, 1.165) is 11.1 Å². The number of aliphatic carboxylic acids is 1. The third-order valence-electron chi connectivity index (χ3n) is 5.38. The number of Topliss-reactive ketones (excluding diaryl/α,β-unsaturated/α-hetero) is 1. The third kappa shape index (κ3) is 9.31. The van der Waals surface area contributed by atoms with Crippen molar-refractivity contribution in [3.8, 4) is 5.75 Å². The molecular weight excluding hydrogens is 549 g/mol. The van der Waals surface area contributed by atoms with E-state index < -0.39 is 42.9 Å². The number of carbonyl (C=O) groups is 4. The molecule has 0 aliphatic heterocycles. The number of amides is 1. The Bertz CT molecular complexity index is 1300. The molecule has 3 rings (SSSR count). The van der Waals surface area contributed by atoms with E-state index >= 15 is 0 Å². The van der Waals surface area contributed by atoms with Crippen LogP contribution in [0.3, 0.4) is 0 Å². The average molecular weight is 574 g/mol. The van der Waals surface area contributed by atoms with Crippen LogP contribution in [-0.4, -0.2) is 41.6 Å². The minimum Gasteiger partial charge on any atom is -0.487 e. The summed E-state index contributed by atoms with van der Waals surface area (Å²) in [5.41, 5.74) is 1.40. The molecule has 0 saturated carbocycles.